The molecule has 1 aromatic carbocycles. The van der Waals surface area contributed by atoms with E-state index in [4.69, 9.17) is 11.6 Å². The molecular formula is C22H23ClN6O2. The van der Waals surface area contributed by atoms with Crippen molar-refractivity contribution in [3.8, 4) is 0 Å². The van der Waals surface area contributed by atoms with Gasteiger partial charge in [-0.25, -0.2) is 0 Å². The summed E-state index contributed by atoms with van der Waals surface area (Å²) >= 11 is 5.92. The number of amides is 2. The minimum atomic E-state index is -0.00901. The molecule has 160 valence electrons. The number of rotatable bonds is 5. The van der Waals surface area contributed by atoms with Crippen LogP contribution in [0.4, 0.5) is 11.8 Å². The van der Waals surface area contributed by atoms with E-state index in [1.807, 2.05) is 47.4 Å². The predicted molar refractivity (Wildman–Crippen MR) is 118 cm³/mol. The van der Waals surface area contributed by atoms with Gasteiger partial charge in [0, 0.05) is 37.1 Å². The summed E-state index contributed by atoms with van der Waals surface area (Å²) < 4.78 is 1.76. The van der Waals surface area contributed by atoms with Crippen LogP contribution >= 0.6 is 11.6 Å². The molecule has 2 amide bonds. The van der Waals surface area contributed by atoms with E-state index in [2.05, 4.69) is 20.3 Å². The summed E-state index contributed by atoms with van der Waals surface area (Å²) in [5.74, 6) is 1.45. The fourth-order valence-electron chi connectivity index (χ4n) is 3.82. The molecule has 31 heavy (non-hydrogen) atoms. The Balaban J connectivity index is 1.24. The standard InChI is InChI=1S/C22H23ClN6O2/c23-17-8-4-15(5-9-17)14-20(30)28-12-10-27(11-13-28)19-3-1-2-18-24-22(26-29(18)19)25-21(31)16-6-7-16/h1-5,8-9,16H,6-7,10-14H2,(H,25,26,31). The molecule has 3 heterocycles. The van der Waals surface area contributed by atoms with Crippen LogP contribution in [0, 0.1) is 5.92 Å². The first-order chi connectivity index (χ1) is 15.1. The van der Waals surface area contributed by atoms with Gasteiger partial charge in [-0.1, -0.05) is 29.8 Å². The van der Waals surface area contributed by atoms with Crippen molar-refractivity contribution in [3.63, 3.8) is 0 Å². The molecule has 1 aliphatic carbocycles. The van der Waals surface area contributed by atoms with Crippen LogP contribution in [0.1, 0.15) is 18.4 Å². The van der Waals surface area contributed by atoms with Crippen LogP contribution in [0.15, 0.2) is 42.5 Å². The number of benzene rings is 1. The maximum Gasteiger partial charge on any atom is 0.249 e. The van der Waals surface area contributed by atoms with Crippen molar-refractivity contribution >= 4 is 40.8 Å². The van der Waals surface area contributed by atoms with E-state index in [-0.39, 0.29) is 17.7 Å². The molecular weight excluding hydrogens is 416 g/mol. The average molecular weight is 439 g/mol. The molecule has 2 fully saturated rings. The number of pyridine rings is 1. The second-order valence-corrected chi connectivity index (χ2v) is 8.46. The lowest BCUT2D eigenvalue weighted by Gasteiger charge is -2.36. The highest BCUT2D eigenvalue weighted by atomic mass is 35.5. The average Bonchev–Trinajstić information content (AvgIpc) is 3.55. The van der Waals surface area contributed by atoms with Gasteiger partial charge in [-0.2, -0.15) is 9.50 Å². The van der Waals surface area contributed by atoms with E-state index < -0.39 is 0 Å². The Labute approximate surface area is 184 Å². The topological polar surface area (TPSA) is 82.8 Å². The van der Waals surface area contributed by atoms with E-state index in [1.54, 1.807) is 4.52 Å². The highest BCUT2D eigenvalue weighted by molar-refractivity contribution is 6.30. The number of nitrogens with one attached hydrogen (secondary N) is 1. The highest BCUT2D eigenvalue weighted by Gasteiger charge is 2.30. The third kappa shape index (κ3) is 4.34. The number of piperazine rings is 1. The maximum atomic E-state index is 12.7. The Morgan fingerprint density at radius 2 is 1.77 bits per heavy atom. The second-order valence-electron chi connectivity index (χ2n) is 8.02. The molecule has 5 rings (SSSR count). The van der Waals surface area contributed by atoms with Crippen molar-refractivity contribution < 1.29 is 9.59 Å². The summed E-state index contributed by atoms with van der Waals surface area (Å²) in [7, 11) is 0. The zero-order valence-corrected chi connectivity index (χ0v) is 17.8. The largest absolute Gasteiger partial charge is 0.353 e. The van der Waals surface area contributed by atoms with Gasteiger partial charge in [0.1, 0.15) is 5.82 Å². The summed E-state index contributed by atoms with van der Waals surface area (Å²) in [5, 5.41) is 7.97. The number of anilines is 2. The van der Waals surface area contributed by atoms with Crippen molar-refractivity contribution in [3.05, 3.63) is 53.1 Å². The first kappa shape index (κ1) is 19.8. The van der Waals surface area contributed by atoms with Crippen LogP contribution in [0.2, 0.25) is 5.02 Å². The number of carbonyl (C=O) groups excluding carboxylic acids is 2. The molecule has 0 atom stereocenters. The molecule has 2 aromatic heterocycles. The lowest BCUT2D eigenvalue weighted by molar-refractivity contribution is -0.130. The number of carbonyl (C=O) groups is 2. The van der Waals surface area contributed by atoms with Crippen molar-refractivity contribution in [1.82, 2.24) is 19.5 Å². The number of hydrogen-bond acceptors (Lipinski definition) is 5. The minimum absolute atomic E-state index is 0.00901. The third-order valence-corrected chi connectivity index (χ3v) is 6.00. The quantitative estimate of drug-likeness (QED) is 0.662. The van der Waals surface area contributed by atoms with Crippen LogP contribution in [0.25, 0.3) is 5.65 Å². The summed E-state index contributed by atoms with van der Waals surface area (Å²) in [4.78, 5) is 33.2. The molecule has 9 heteroatoms. The monoisotopic (exact) mass is 438 g/mol. The summed E-state index contributed by atoms with van der Waals surface area (Å²) in [5.41, 5.74) is 1.65. The van der Waals surface area contributed by atoms with Gasteiger partial charge in [-0.3, -0.25) is 14.9 Å². The molecule has 3 aromatic rings. The first-order valence-electron chi connectivity index (χ1n) is 10.5. The van der Waals surface area contributed by atoms with Crippen molar-refractivity contribution in [2.45, 2.75) is 19.3 Å². The van der Waals surface area contributed by atoms with Gasteiger partial charge in [-0.05, 0) is 42.7 Å². The zero-order chi connectivity index (χ0) is 21.4. The van der Waals surface area contributed by atoms with Gasteiger partial charge >= 0.3 is 0 Å². The van der Waals surface area contributed by atoms with E-state index in [9.17, 15) is 9.59 Å². The van der Waals surface area contributed by atoms with Gasteiger partial charge in [0.2, 0.25) is 17.8 Å². The molecule has 0 bridgehead atoms. The smallest absolute Gasteiger partial charge is 0.249 e. The van der Waals surface area contributed by atoms with Crippen LogP contribution in [0.5, 0.6) is 0 Å². The highest BCUT2D eigenvalue weighted by Crippen LogP contribution is 2.30. The lowest BCUT2D eigenvalue weighted by atomic mass is 10.1. The number of halogens is 1. The van der Waals surface area contributed by atoms with Gasteiger partial charge in [0.25, 0.3) is 0 Å². The molecule has 1 saturated heterocycles. The fourth-order valence-corrected chi connectivity index (χ4v) is 3.94. The fraction of sp³-hybridized carbons (Fsp3) is 0.364. The maximum absolute atomic E-state index is 12.7. The van der Waals surface area contributed by atoms with Gasteiger partial charge in [0.05, 0.1) is 6.42 Å². The van der Waals surface area contributed by atoms with Crippen molar-refractivity contribution in [2.24, 2.45) is 5.92 Å². The molecule has 2 aliphatic rings. The van der Waals surface area contributed by atoms with Crippen molar-refractivity contribution in [2.75, 3.05) is 36.4 Å². The number of fused-ring (bicyclic) bond motifs is 1. The molecule has 1 aliphatic heterocycles. The van der Waals surface area contributed by atoms with Gasteiger partial charge < -0.3 is 9.80 Å². The Bertz CT molecular complexity index is 1120. The summed E-state index contributed by atoms with van der Waals surface area (Å²) in [6.45, 7) is 2.69. The van der Waals surface area contributed by atoms with Crippen molar-refractivity contribution in [1.29, 1.82) is 0 Å². The number of nitrogens with zero attached hydrogens (tertiary/aromatic N) is 5. The van der Waals surface area contributed by atoms with E-state index >= 15 is 0 Å². The summed E-state index contributed by atoms with van der Waals surface area (Å²) in [6, 6.07) is 13.2. The van der Waals surface area contributed by atoms with Crippen LogP contribution in [-0.2, 0) is 16.0 Å². The van der Waals surface area contributed by atoms with E-state index in [1.165, 1.54) is 0 Å². The van der Waals surface area contributed by atoms with E-state index in [0.717, 1.165) is 24.2 Å². The third-order valence-electron chi connectivity index (χ3n) is 5.75. The number of aromatic nitrogens is 3. The Morgan fingerprint density at radius 3 is 2.48 bits per heavy atom. The Morgan fingerprint density at radius 1 is 1.03 bits per heavy atom. The minimum Gasteiger partial charge on any atom is -0.353 e. The predicted octanol–water partition coefficient (Wildman–Crippen LogP) is 2.62. The van der Waals surface area contributed by atoms with Crippen LogP contribution < -0.4 is 10.2 Å². The van der Waals surface area contributed by atoms with Gasteiger partial charge in [-0.15, -0.1) is 5.10 Å². The molecule has 1 saturated carbocycles. The Hall–Kier alpha value is -3.13. The molecule has 0 unspecified atom stereocenters. The zero-order valence-electron chi connectivity index (χ0n) is 17.0. The van der Waals surface area contributed by atoms with Crippen LogP contribution in [-0.4, -0.2) is 57.5 Å². The molecule has 1 N–H and O–H groups in total. The normalized spacial score (nSPS) is 16.5. The lowest BCUT2D eigenvalue weighted by Crippen LogP contribution is -2.49. The summed E-state index contributed by atoms with van der Waals surface area (Å²) in [6.07, 6.45) is 2.25. The van der Waals surface area contributed by atoms with E-state index in [0.29, 0.717) is 49.2 Å². The second kappa shape index (κ2) is 8.19. The molecule has 0 spiro atoms. The number of hydrogen-bond donors (Lipinski definition) is 1. The van der Waals surface area contributed by atoms with Crippen LogP contribution in [0.3, 0.4) is 0 Å². The molecule has 0 radical (unpaired) electrons. The molecule has 8 nitrogen and oxygen atoms in total. The first-order valence-corrected chi connectivity index (χ1v) is 10.9. The van der Waals surface area contributed by atoms with Gasteiger partial charge in [0.15, 0.2) is 5.65 Å². The Kier molecular flexibility index (Phi) is 5.23. The SMILES string of the molecule is O=C(Nc1nc2cccc(N3CCN(C(=O)Cc4ccc(Cl)cc4)CC3)n2n1)C1CC1.